The Kier molecular flexibility index (Phi) is 19.4. The summed E-state index contributed by atoms with van der Waals surface area (Å²) in [5, 5.41) is 23.8. The van der Waals surface area contributed by atoms with Crippen molar-refractivity contribution in [3.05, 3.63) is 81.1 Å². The Morgan fingerprint density at radius 1 is 0.900 bits per heavy atom. The molecule has 3 atom stereocenters. The van der Waals surface area contributed by atoms with E-state index in [1.54, 1.807) is 94.8 Å². The first-order valence-electron chi connectivity index (χ1n) is 27.0. The molecular weight excluding hydrogens is 1050 g/mol. The number of pyridine rings is 2. The maximum atomic E-state index is 14.1. The predicted molar refractivity (Wildman–Crippen MR) is 302 cm³/mol. The van der Waals surface area contributed by atoms with Crippen LogP contribution in [-0.2, 0) is 58.8 Å². The van der Waals surface area contributed by atoms with E-state index >= 15 is 0 Å². The van der Waals surface area contributed by atoms with Gasteiger partial charge in [-0.1, -0.05) is 80.6 Å². The third-order valence-electron chi connectivity index (χ3n) is 15.5. The highest BCUT2D eigenvalue weighted by Gasteiger charge is 2.47. The molecule has 7 N–H and O–H groups in total. The largest absolute Gasteiger partial charge is 0.458 e. The Hall–Kier alpha value is -7.66. The number of carbonyl (C=O) groups is 8. The zero-order valence-corrected chi connectivity index (χ0v) is 48.9. The fraction of sp³-hybridized carbons (Fsp3) is 0.509. The second-order valence-corrected chi connectivity index (χ2v) is 28.1. The lowest BCUT2D eigenvalue weighted by Gasteiger charge is -2.39. The molecule has 4 heterocycles. The van der Waals surface area contributed by atoms with Gasteiger partial charge in [-0.2, -0.15) is 0 Å². The number of hydrogen-bond acceptors (Lipinski definition) is 14. The van der Waals surface area contributed by atoms with Crippen LogP contribution in [0.15, 0.2) is 53.3 Å². The molecule has 0 radical (unpaired) electrons. The molecule has 22 nitrogen and oxygen atoms in total. The number of ketones is 1. The van der Waals surface area contributed by atoms with E-state index in [1.807, 2.05) is 0 Å². The van der Waals surface area contributed by atoms with Crippen molar-refractivity contribution in [2.45, 2.75) is 143 Å². The second-order valence-electron chi connectivity index (χ2n) is 22.8. The van der Waals surface area contributed by atoms with Crippen LogP contribution in [0, 0.1) is 11.8 Å². The highest BCUT2D eigenvalue weighted by atomic mass is 28.3. The number of amides is 7. The number of nitrogens with one attached hydrogen (secondary N) is 4. The number of esters is 1. The van der Waals surface area contributed by atoms with Crippen LogP contribution >= 0.6 is 0 Å². The Balaban J connectivity index is 1.06. The van der Waals surface area contributed by atoms with Crippen molar-refractivity contribution >= 4 is 77.5 Å². The van der Waals surface area contributed by atoms with Gasteiger partial charge in [0.2, 0.25) is 17.7 Å². The molecule has 2 aromatic carbocycles. The summed E-state index contributed by atoms with van der Waals surface area (Å²) in [4.78, 5) is 125. The first kappa shape index (κ1) is 61.5. The van der Waals surface area contributed by atoms with E-state index in [-0.39, 0.29) is 117 Å². The summed E-state index contributed by atoms with van der Waals surface area (Å²) in [6.07, 6.45) is -0.963. The molecule has 80 heavy (non-hydrogen) atoms. The van der Waals surface area contributed by atoms with Crippen LogP contribution in [0.2, 0.25) is 18.1 Å². The van der Waals surface area contributed by atoms with Crippen LogP contribution in [-0.4, -0.2) is 126 Å². The summed E-state index contributed by atoms with van der Waals surface area (Å²) in [5.41, 5.74) is 6.90. The Bertz CT molecular complexity index is 3120. The fourth-order valence-electron chi connectivity index (χ4n) is 9.40. The molecule has 432 valence electrons. The van der Waals surface area contributed by atoms with Gasteiger partial charge in [-0.3, -0.25) is 24.0 Å². The van der Waals surface area contributed by atoms with E-state index in [9.17, 15) is 48.3 Å². The molecule has 2 aromatic heterocycles. The monoisotopic (exact) mass is 1120 g/mol. The molecule has 0 bridgehead atoms. The van der Waals surface area contributed by atoms with Crippen molar-refractivity contribution in [1.29, 1.82) is 0 Å². The molecule has 0 saturated heterocycles. The molecule has 0 aliphatic carbocycles. The number of nitrogens with zero attached hydrogens (tertiary/aromatic N) is 4. The fourth-order valence-corrected chi connectivity index (χ4v) is 12.0. The topological polar surface area (TPSA) is 300 Å². The average Bonchev–Trinajstić information content (AvgIpc) is 3.66. The Labute approximate surface area is 466 Å². The SMILES string of the molecule is CC[C@@]1(O)C(=O)OCc2c1cc1n(c2=O)Cc2c-1nc1ccc(OC(=O)N(C)CCN(C)C(=O)OCc3ccc(NC(=O)[C@H](CCCNC(N)=O)NC(=O)[C@@H](NC(=O)CCC(=O)C(C)C)C(C)C)cc3)cc1c2[Si](C)(C)C(C)(C)C. The molecule has 2 aliphatic rings. The van der Waals surface area contributed by atoms with Gasteiger partial charge in [-0.25, -0.2) is 24.2 Å². The first-order chi connectivity index (χ1) is 37.5. The van der Waals surface area contributed by atoms with Gasteiger partial charge in [0.15, 0.2) is 5.60 Å². The molecule has 4 aromatic rings. The average molecular weight is 1120 g/mol. The zero-order valence-electron chi connectivity index (χ0n) is 47.9. The number of likely N-dealkylation sites (N-methyl/N-ethyl adjacent to an activating group) is 2. The summed E-state index contributed by atoms with van der Waals surface area (Å²) in [5.74, 6) is -2.82. The minimum absolute atomic E-state index is 0.0226. The number of rotatable bonds is 22. The number of benzene rings is 2. The number of aliphatic hydroxyl groups is 1. The van der Waals surface area contributed by atoms with Gasteiger partial charge >= 0.3 is 24.2 Å². The Morgan fingerprint density at radius 3 is 2.17 bits per heavy atom. The van der Waals surface area contributed by atoms with Crippen molar-refractivity contribution in [3.8, 4) is 17.1 Å². The number of hydrogen-bond donors (Lipinski definition) is 6. The van der Waals surface area contributed by atoms with Crippen molar-refractivity contribution in [2.75, 3.05) is 39.0 Å². The van der Waals surface area contributed by atoms with Crippen molar-refractivity contribution in [1.82, 2.24) is 35.3 Å². The number of urea groups is 1. The molecular formula is C57H77N9O13Si. The summed E-state index contributed by atoms with van der Waals surface area (Å²) in [6, 6.07) is 10.6. The number of ether oxygens (including phenoxy) is 3. The van der Waals surface area contributed by atoms with Crippen LogP contribution in [0.4, 0.5) is 20.1 Å². The normalized spacial score (nSPS) is 15.4. The van der Waals surface area contributed by atoms with Crippen LogP contribution in [0.5, 0.6) is 5.75 Å². The third kappa shape index (κ3) is 13.8. The van der Waals surface area contributed by atoms with Crippen LogP contribution in [0.25, 0.3) is 22.3 Å². The van der Waals surface area contributed by atoms with E-state index < -0.39 is 67.7 Å². The van der Waals surface area contributed by atoms with Crippen LogP contribution < -0.4 is 42.5 Å². The zero-order chi connectivity index (χ0) is 59.2. The summed E-state index contributed by atoms with van der Waals surface area (Å²) >= 11 is 0. The maximum absolute atomic E-state index is 14.1. The van der Waals surface area contributed by atoms with Gasteiger partial charge < -0.3 is 60.7 Å². The number of cyclic esters (lactones) is 1. The molecule has 7 amide bonds. The van der Waals surface area contributed by atoms with Crippen LogP contribution in [0.3, 0.4) is 0 Å². The van der Waals surface area contributed by atoms with E-state index in [2.05, 4.69) is 55.1 Å². The van der Waals surface area contributed by atoms with Crippen molar-refractivity contribution in [3.63, 3.8) is 0 Å². The van der Waals surface area contributed by atoms with Crippen LogP contribution in [0.1, 0.15) is 110 Å². The second kappa shape index (κ2) is 25.2. The van der Waals surface area contributed by atoms with E-state index in [1.165, 1.54) is 16.8 Å². The molecule has 0 saturated carbocycles. The third-order valence-corrected chi connectivity index (χ3v) is 21.0. The summed E-state index contributed by atoms with van der Waals surface area (Å²) in [6.45, 7) is 19.9. The highest BCUT2D eigenvalue weighted by molar-refractivity contribution is 6.94. The van der Waals surface area contributed by atoms with Crippen molar-refractivity contribution in [2.24, 2.45) is 17.6 Å². The first-order valence-corrected chi connectivity index (χ1v) is 30.0. The van der Waals surface area contributed by atoms with Gasteiger partial charge in [0.25, 0.3) is 5.56 Å². The number of fused-ring (bicyclic) bond motifs is 5. The molecule has 23 heteroatoms. The standard InChI is InChI=1S/C57H77N9O13Si/c1-13-57(76)40-28-43-47-38(29-66(43)51(71)39(40)31-77-52(57)72)48(80(11,12)56(6,7)8)37-27-36(20-21-41(37)61-47)79-55(75)65(10)26-25-64(9)54(74)78-30-34-16-18-35(19-17-34)60-49(69)42(15-14-24-59-53(58)73)62-50(70)46(33(4)5)63-45(68)23-22-44(67)32(2)3/h16-21,27-28,32-33,42,46,76H,13-15,22-26,29-31H2,1-12H3,(H,60,69)(H,62,70)(H,63,68)(H3,58,59,73)/t42-,46-,57-/m0/s1. The van der Waals surface area contributed by atoms with E-state index in [4.69, 9.17) is 24.9 Å². The van der Waals surface area contributed by atoms with Gasteiger partial charge in [0.1, 0.15) is 36.8 Å². The predicted octanol–water partition coefficient (Wildman–Crippen LogP) is 5.51. The lowest BCUT2D eigenvalue weighted by Crippen LogP contribution is -2.54. The minimum Gasteiger partial charge on any atom is -0.458 e. The van der Waals surface area contributed by atoms with Gasteiger partial charge in [0.05, 0.1) is 37.1 Å². The van der Waals surface area contributed by atoms with Gasteiger partial charge in [-0.05, 0) is 82.9 Å². The smallest absolute Gasteiger partial charge is 0.415 e. The Morgan fingerprint density at radius 2 is 1.56 bits per heavy atom. The number of primary amides is 1. The lowest BCUT2D eigenvalue weighted by molar-refractivity contribution is -0.172. The molecule has 0 fully saturated rings. The number of nitrogens with two attached hydrogens (primary N) is 1. The van der Waals surface area contributed by atoms with Gasteiger partial charge in [-0.15, -0.1) is 0 Å². The minimum atomic E-state index is -2.46. The molecule has 6 rings (SSSR count). The molecule has 2 aliphatic heterocycles. The number of anilines is 1. The quantitative estimate of drug-likeness (QED) is 0.0283. The molecule has 0 spiro atoms. The summed E-state index contributed by atoms with van der Waals surface area (Å²) < 4.78 is 18.4. The van der Waals surface area contributed by atoms with Gasteiger partial charge in [0, 0.05) is 69.1 Å². The summed E-state index contributed by atoms with van der Waals surface area (Å²) in [7, 11) is 0.615. The van der Waals surface area contributed by atoms with E-state index in [0.717, 1.165) is 16.1 Å². The highest BCUT2D eigenvalue weighted by Crippen LogP contribution is 2.43. The number of carbonyl (C=O) groups excluding carboxylic acids is 8. The molecule has 0 unspecified atom stereocenters. The van der Waals surface area contributed by atoms with E-state index in [0.29, 0.717) is 28.2 Å². The lowest BCUT2D eigenvalue weighted by atomic mass is 9.86. The maximum Gasteiger partial charge on any atom is 0.415 e. The number of aromatic nitrogens is 2. The van der Waals surface area contributed by atoms with Crippen molar-refractivity contribution < 1.29 is 57.7 Å². The number of Topliss-reactive ketones (excluding diaryl/α,β-unsaturated/α-hetero) is 1.